The summed E-state index contributed by atoms with van der Waals surface area (Å²) in [6.07, 6.45) is 1.94. The summed E-state index contributed by atoms with van der Waals surface area (Å²) in [5.41, 5.74) is 2.40. The lowest BCUT2D eigenvalue weighted by Gasteiger charge is -2.38. The van der Waals surface area contributed by atoms with Gasteiger partial charge in [0.05, 0.1) is 5.56 Å². The summed E-state index contributed by atoms with van der Waals surface area (Å²) in [5, 5.41) is 1.10. The normalized spacial score (nSPS) is 12.5. The zero-order valence-electron chi connectivity index (χ0n) is 15.7. The number of nitrogens with zero attached hydrogens (tertiary/aromatic N) is 1. The summed E-state index contributed by atoms with van der Waals surface area (Å²) >= 11 is 9.50. The fourth-order valence-corrected chi connectivity index (χ4v) is 17.2. The second kappa shape index (κ2) is 7.47. The fourth-order valence-electron chi connectivity index (χ4n) is 3.87. The number of hydrogen-bond donors (Lipinski definition) is 0. The van der Waals surface area contributed by atoms with Crippen molar-refractivity contribution in [2.75, 3.05) is 0 Å². The molecule has 1 aromatic carbocycles. The number of halogens is 2. The van der Waals surface area contributed by atoms with Crippen LogP contribution < -0.4 is 0 Å². The Labute approximate surface area is 166 Å². The summed E-state index contributed by atoms with van der Waals surface area (Å²) in [7, 11) is -2.90. The number of rotatable bonds is 5. The molecule has 0 aliphatic carbocycles. The summed E-state index contributed by atoms with van der Waals surface area (Å²) in [4.78, 5) is 17.5. The van der Waals surface area contributed by atoms with Crippen LogP contribution in [0.25, 0.3) is 0 Å². The van der Waals surface area contributed by atoms with E-state index in [4.69, 9.17) is 11.6 Å². The zero-order chi connectivity index (χ0) is 19.0. The van der Waals surface area contributed by atoms with Gasteiger partial charge in [-0.3, -0.25) is 4.79 Å². The van der Waals surface area contributed by atoms with Crippen molar-refractivity contribution in [1.82, 2.24) is 4.98 Å². The first-order chi connectivity index (χ1) is 11.4. The number of pyridine rings is 1. The van der Waals surface area contributed by atoms with Crippen LogP contribution in [0, 0.1) is 0 Å². The number of carbonyl (C=O) groups is 1. The number of aromatic nitrogens is 1. The average Bonchev–Trinajstić information content (AvgIpc) is 2.45. The molecule has 0 spiro atoms. The van der Waals surface area contributed by atoms with E-state index in [0.29, 0.717) is 25.9 Å². The first-order valence-electron chi connectivity index (χ1n) is 8.37. The van der Waals surface area contributed by atoms with Crippen LogP contribution in [0.1, 0.15) is 26.6 Å². The highest BCUT2D eigenvalue weighted by Crippen LogP contribution is 2.36. The second-order valence-corrected chi connectivity index (χ2v) is 21.0. The monoisotopic (exact) mass is 453 g/mol. The Kier molecular flexibility index (Phi) is 6.14. The standard InChI is InChI=1S/C19H25BrClNOSi2/c1-24(2,3)19(25(4,5)6)14-11-16(18(20)22-12-14)17(23)13-8-7-9-15(21)10-13/h7-12,19H,1-6H3. The maximum absolute atomic E-state index is 13.0. The van der Waals surface area contributed by atoms with Crippen LogP contribution in [0.2, 0.25) is 44.3 Å². The highest BCUT2D eigenvalue weighted by atomic mass is 79.9. The topological polar surface area (TPSA) is 30.0 Å². The number of hydrogen-bond acceptors (Lipinski definition) is 2. The average molecular weight is 455 g/mol. The quantitative estimate of drug-likeness (QED) is 0.290. The molecule has 2 nitrogen and oxygen atoms in total. The molecule has 2 aromatic rings. The van der Waals surface area contributed by atoms with E-state index in [1.165, 1.54) is 5.56 Å². The Balaban J connectivity index is 2.55. The highest BCUT2D eigenvalue weighted by Gasteiger charge is 2.39. The van der Waals surface area contributed by atoms with Crippen molar-refractivity contribution in [3.8, 4) is 0 Å². The van der Waals surface area contributed by atoms with E-state index < -0.39 is 16.1 Å². The molecule has 0 saturated carbocycles. The molecule has 0 atom stereocenters. The summed E-state index contributed by atoms with van der Waals surface area (Å²) in [6, 6.07) is 9.11. The number of benzene rings is 1. The van der Waals surface area contributed by atoms with Gasteiger partial charge in [0.1, 0.15) is 4.60 Å². The highest BCUT2D eigenvalue weighted by molar-refractivity contribution is 9.10. The van der Waals surface area contributed by atoms with Gasteiger partial charge in [0.25, 0.3) is 0 Å². The van der Waals surface area contributed by atoms with Crippen molar-refractivity contribution in [3.63, 3.8) is 0 Å². The molecule has 2 rings (SSSR count). The van der Waals surface area contributed by atoms with Gasteiger partial charge in [0.15, 0.2) is 5.78 Å². The van der Waals surface area contributed by atoms with E-state index in [0.717, 1.165) is 0 Å². The molecule has 0 bridgehead atoms. The van der Waals surface area contributed by atoms with Crippen molar-refractivity contribution < 1.29 is 4.79 Å². The molecule has 25 heavy (non-hydrogen) atoms. The maximum atomic E-state index is 13.0. The first kappa shape index (κ1) is 20.6. The second-order valence-electron chi connectivity index (χ2n) is 8.61. The van der Waals surface area contributed by atoms with E-state index in [1.54, 1.807) is 24.3 Å². The van der Waals surface area contributed by atoms with Gasteiger partial charge < -0.3 is 0 Å². The van der Waals surface area contributed by atoms with Crippen LogP contribution in [0.3, 0.4) is 0 Å². The molecular weight excluding hydrogens is 430 g/mol. The van der Waals surface area contributed by atoms with Gasteiger partial charge >= 0.3 is 0 Å². The fraction of sp³-hybridized carbons (Fsp3) is 0.368. The largest absolute Gasteiger partial charge is 0.289 e. The van der Waals surface area contributed by atoms with Crippen LogP contribution in [0.4, 0.5) is 0 Å². The number of carbonyl (C=O) groups excluding carboxylic acids is 1. The molecule has 6 heteroatoms. The zero-order valence-corrected chi connectivity index (χ0v) is 20.0. The van der Waals surface area contributed by atoms with E-state index in [-0.39, 0.29) is 5.78 Å². The predicted molar refractivity (Wildman–Crippen MR) is 116 cm³/mol. The van der Waals surface area contributed by atoms with Gasteiger partial charge in [-0.25, -0.2) is 4.98 Å². The molecule has 1 heterocycles. The van der Waals surface area contributed by atoms with E-state index in [2.05, 4.69) is 60.2 Å². The van der Waals surface area contributed by atoms with Gasteiger partial charge in [-0.1, -0.05) is 63.0 Å². The van der Waals surface area contributed by atoms with Crippen molar-refractivity contribution in [2.24, 2.45) is 0 Å². The number of ketones is 1. The van der Waals surface area contributed by atoms with E-state index >= 15 is 0 Å². The Morgan fingerprint density at radius 2 is 1.68 bits per heavy atom. The third-order valence-electron chi connectivity index (χ3n) is 4.26. The molecule has 0 aliphatic heterocycles. The third-order valence-corrected chi connectivity index (χ3v) is 14.5. The smallest absolute Gasteiger partial charge is 0.195 e. The molecule has 0 N–H and O–H groups in total. The van der Waals surface area contributed by atoms with Crippen molar-refractivity contribution >= 4 is 49.5 Å². The predicted octanol–water partition coefficient (Wildman–Crippen LogP) is 6.57. The molecule has 0 aliphatic rings. The lowest BCUT2D eigenvalue weighted by atomic mass is 10.0. The van der Waals surface area contributed by atoms with E-state index in [1.807, 2.05) is 12.3 Å². The lowest BCUT2D eigenvalue weighted by molar-refractivity contribution is 0.103. The summed E-state index contributed by atoms with van der Waals surface area (Å²) in [5.74, 6) is -0.0476. The Hall–Kier alpha value is -0.756. The minimum Gasteiger partial charge on any atom is -0.289 e. The van der Waals surface area contributed by atoms with Crippen LogP contribution in [-0.4, -0.2) is 26.9 Å². The summed E-state index contributed by atoms with van der Waals surface area (Å²) in [6.45, 7) is 14.4. The minimum atomic E-state index is -1.45. The molecule has 0 radical (unpaired) electrons. The minimum absolute atomic E-state index is 0.0476. The molecule has 0 unspecified atom stereocenters. The Bertz CT molecular complexity index is 783. The maximum Gasteiger partial charge on any atom is 0.195 e. The molecule has 134 valence electrons. The van der Waals surface area contributed by atoms with Gasteiger partial charge in [-0.15, -0.1) is 0 Å². The Morgan fingerprint density at radius 1 is 1.08 bits per heavy atom. The van der Waals surface area contributed by atoms with Gasteiger partial charge in [-0.05, 0) is 44.9 Å². The van der Waals surface area contributed by atoms with E-state index in [9.17, 15) is 4.79 Å². The Morgan fingerprint density at radius 3 is 2.20 bits per heavy atom. The van der Waals surface area contributed by atoms with Crippen LogP contribution in [0.15, 0.2) is 41.1 Å². The summed E-state index contributed by atoms with van der Waals surface area (Å²) < 4.78 is 0.589. The van der Waals surface area contributed by atoms with Gasteiger partial charge in [-0.2, -0.15) is 0 Å². The van der Waals surface area contributed by atoms with Crippen molar-refractivity contribution in [3.05, 3.63) is 62.8 Å². The molecule has 0 saturated heterocycles. The third kappa shape index (κ3) is 4.91. The molecular formula is C19H25BrClNOSi2. The first-order valence-corrected chi connectivity index (χ1v) is 16.7. The SMILES string of the molecule is C[Si](C)(C)C(c1cnc(Br)c(C(=O)c2cccc(Cl)c2)c1)[Si](C)(C)C. The van der Waals surface area contributed by atoms with Gasteiger partial charge in [0.2, 0.25) is 0 Å². The van der Waals surface area contributed by atoms with Crippen molar-refractivity contribution in [1.29, 1.82) is 0 Å². The molecule has 1 aromatic heterocycles. The van der Waals surface area contributed by atoms with Crippen LogP contribution in [0.5, 0.6) is 0 Å². The van der Waals surface area contributed by atoms with Gasteiger partial charge in [0, 0.05) is 32.9 Å². The van der Waals surface area contributed by atoms with Crippen LogP contribution >= 0.6 is 27.5 Å². The lowest BCUT2D eigenvalue weighted by Crippen LogP contribution is -2.46. The van der Waals surface area contributed by atoms with Crippen molar-refractivity contribution in [2.45, 2.75) is 44.4 Å². The molecule has 0 fully saturated rings. The molecule has 0 amide bonds. The van der Waals surface area contributed by atoms with Crippen LogP contribution in [-0.2, 0) is 0 Å².